The number of aliphatic hydroxyl groups excluding tert-OH is 1. The van der Waals surface area contributed by atoms with Crippen LogP contribution in [0.15, 0.2) is 47.4 Å². The van der Waals surface area contributed by atoms with Crippen molar-refractivity contribution in [1.29, 1.82) is 0 Å². The van der Waals surface area contributed by atoms with Crippen molar-refractivity contribution in [2.24, 2.45) is 0 Å². The molecule has 6 heteroatoms. The molecule has 1 N–H and O–H groups in total. The maximum absolute atomic E-state index is 12.4. The Balaban J connectivity index is 2.38. The van der Waals surface area contributed by atoms with E-state index in [1.165, 1.54) is 22.8 Å². The predicted molar refractivity (Wildman–Crippen MR) is 67.8 cm³/mol. The van der Waals surface area contributed by atoms with Crippen molar-refractivity contribution in [1.82, 2.24) is 4.57 Å². The van der Waals surface area contributed by atoms with Gasteiger partial charge in [-0.15, -0.1) is 0 Å². The van der Waals surface area contributed by atoms with E-state index >= 15 is 0 Å². The number of alkyl halides is 3. The van der Waals surface area contributed by atoms with Crippen LogP contribution in [0.1, 0.15) is 17.2 Å². The Kier molecular flexibility index (Phi) is 3.67. The first kappa shape index (κ1) is 14.3. The molecule has 1 heterocycles. The number of aryl methyl sites for hydroxylation is 1. The summed E-state index contributed by atoms with van der Waals surface area (Å²) in [5.41, 5.74) is 0.752. The van der Waals surface area contributed by atoms with Crippen molar-refractivity contribution >= 4 is 0 Å². The summed E-state index contributed by atoms with van der Waals surface area (Å²) < 4.78 is 38.4. The Hall–Kier alpha value is -2.08. The van der Waals surface area contributed by atoms with Crippen LogP contribution in [0.25, 0.3) is 5.69 Å². The van der Waals surface area contributed by atoms with E-state index in [0.717, 1.165) is 17.7 Å². The molecule has 2 rings (SSSR count). The number of rotatable bonds is 2. The quantitative estimate of drug-likeness (QED) is 0.920. The van der Waals surface area contributed by atoms with Crippen LogP contribution in [0, 0.1) is 6.92 Å². The second-order valence-electron chi connectivity index (χ2n) is 4.45. The van der Waals surface area contributed by atoms with Gasteiger partial charge in [0.25, 0.3) is 5.56 Å². The predicted octanol–water partition coefficient (Wildman–Crippen LogP) is 2.74. The molecule has 0 aliphatic heterocycles. The summed E-state index contributed by atoms with van der Waals surface area (Å²) >= 11 is 0. The second kappa shape index (κ2) is 5.13. The molecular weight excluding hydrogens is 271 g/mol. The molecule has 0 spiro atoms. The van der Waals surface area contributed by atoms with Crippen molar-refractivity contribution < 1.29 is 18.3 Å². The van der Waals surface area contributed by atoms with Crippen LogP contribution in [0.4, 0.5) is 13.2 Å². The molecule has 0 aliphatic rings. The molecule has 0 fully saturated rings. The highest BCUT2D eigenvalue weighted by atomic mass is 19.4. The summed E-state index contributed by atoms with van der Waals surface area (Å²) in [6.07, 6.45) is -5.63. The number of hydrogen-bond donors (Lipinski definition) is 1. The monoisotopic (exact) mass is 283 g/mol. The summed E-state index contributed by atoms with van der Waals surface area (Å²) in [5, 5.41) is 9.12. The van der Waals surface area contributed by atoms with Crippen LogP contribution >= 0.6 is 0 Å². The average molecular weight is 283 g/mol. The minimum Gasteiger partial charge on any atom is -0.379 e. The standard InChI is InChI=1S/C14H12F3NO2/c1-9-2-7-12(19)18(8-9)11-5-3-10(4-6-11)13(20)14(15,16)17/h2-8,13,20H,1H3. The van der Waals surface area contributed by atoms with Crippen LogP contribution in [-0.4, -0.2) is 15.8 Å². The lowest BCUT2D eigenvalue weighted by molar-refractivity contribution is -0.206. The van der Waals surface area contributed by atoms with E-state index in [1.54, 1.807) is 19.2 Å². The van der Waals surface area contributed by atoms with Gasteiger partial charge in [0.2, 0.25) is 0 Å². The Bertz CT molecular complexity index is 659. The topological polar surface area (TPSA) is 42.2 Å². The molecule has 1 aromatic carbocycles. The molecule has 1 aromatic heterocycles. The Morgan fingerprint density at radius 2 is 1.70 bits per heavy atom. The normalized spacial score (nSPS) is 13.2. The van der Waals surface area contributed by atoms with Gasteiger partial charge in [0, 0.05) is 18.0 Å². The molecule has 0 radical (unpaired) electrons. The smallest absolute Gasteiger partial charge is 0.379 e. The van der Waals surface area contributed by atoms with Crippen LogP contribution in [0.5, 0.6) is 0 Å². The van der Waals surface area contributed by atoms with Gasteiger partial charge in [0.15, 0.2) is 6.10 Å². The van der Waals surface area contributed by atoms with Gasteiger partial charge in [-0.2, -0.15) is 13.2 Å². The van der Waals surface area contributed by atoms with Gasteiger partial charge in [0.05, 0.1) is 0 Å². The van der Waals surface area contributed by atoms with Gasteiger partial charge in [-0.25, -0.2) is 0 Å². The van der Waals surface area contributed by atoms with Gasteiger partial charge in [-0.05, 0) is 30.2 Å². The van der Waals surface area contributed by atoms with Gasteiger partial charge in [-0.1, -0.05) is 18.2 Å². The molecule has 0 saturated carbocycles. The molecular formula is C14H12F3NO2. The zero-order valence-corrected chi connectivity index (χ0v) is 10.6. The molecule has 1 unspecified atom stereocenters. The van der Waals surface area contributed by atoms with E-state index in [4.69, 9.17) is 5.11 Å². The number of pyridine rings is 1. The van der Waals surface area contributed by atoms with E-state index in [2.05, 4.69) is 0 Å². The third kappa shape index (κ3) is 2.91. The number of nitrogens with zero attached hydrogens (tertiary/aromatic N) is 1. The second-order valence-corrected chi connectivity index (χ2v) is 4.45. The highest BCUT2D eigenvalue weighted by Crippen LogP contribution is 2.32. The molecule has 20 heavy (non-hydrogen) atoms. The van der Waals surface area contributed by atoms with Gasteiger partial charge < -0.3 is 5.11 Å². The van der Waals surface area contributed by atoms with Crippen molar-refractivity contribution in [2.75, 3.05) is 0 Å². The van der Waals surface area contributed by atoms with Crippen molar-refractivity contribution in [3.63, 3.8) is 0 Å². The molecule has 0 amide bonds. The zero-order valence-electron chi connectivity index (χ0n) is 10.6. The van der Waals surface area contributed by atoms with E-state index < -0.39 is 12.3 Å². The lowest BCUT2D eigenvalue weighted by Gasteiger charge is -2.15. The molecule has 0 aliphatic carbocycles. The fraction of sp³-hybridized carbons (Fsp3) is 0.214. The van der Waals surface area contributed by atoms with Crippen LogP contribution in [0.2, 0.25) is 0 Å². The van der Waals surface area contributed by atoms with Crippen molar-refractivity contribution in [3.05, 3.63) is 64.1 Å². The maximum atomic E-state index is 12.4. The highest BCUT2D eigenvalue weighted by Gasteiger charge is 2.39. The SMILES string of the molecule is Cc1ccc(=O)n(-c2ccc(C(O)C(F)(F)F)cc2)c1. The first-order chi connectivity index (χ1) is 9.29. The number of aromatic nitrogens is 1. The Labute approximate surface area is 112 Å². The molecule has 3 nitrogen and oxygen atoms in total. The van der Waals surface area contributed by atoms with E-state index in [9.17, 15) is 18.0 Å². The lowest BCUT2D eigenvalue weighted by Crippen LogP contribution is -2.20. The molecule has 2 aromatic rings. The Morgan fingerprint density at radius 3 is 2.25 bits per heavy atom. The fourth-order valence-electron chi connectivity index (χ4n) is 1.80. The number of benzene rings is 1. The van der Waals surface area contributed by atoms with Gasteiger partial charge >= 0.3 is 6.18 Å². The lowest BCUT2D eigenvalue weighted by atomic mass is 10.1. The Morgan fingerprint density at radius 1 is 1.10 bits per heavy atom. The summed E-state index contributed by atoms with van der Waals surface area (Å²) in [4.78, 5) is 11.7. The van der Waals surface area contributed by atoms with Crippen molar-refractivity contribution in [2.45, 2.75) is 19.2 Å². The van der Waals surface area contributed by atoms with E-state index in [-0.39, 0.29) is 11.1 Å². The first-order valence-electron chi connectivity index (χ1n) is 5.83. The molecule has 0 saturated heterocycles. The summed E-state index contributed by atoms with van der Waals surface area (Å²) in [6, 6.07) is 8.08. The summed E-state index contributed by atoms with van der Waals surface area (Å²) in [7, 11) is 0. The van der Waals surface area contributed by atoms with Crippen LogP contribution in [0.3, 0.4) is 0 Å². The average Bonchev–Trinajstić information content (AvgIpc) is 2.40. The van der Waals surface area contributed by atoms with E-state index in [0.29, 0.717) is 5.69 Å². The minimum absolute atomic E-state index is 0.262. The van der Waals surface area contributed by atoms with E-state index in [1.807, 2.05) is 0 Å². The molecule has 106 valence electrons. The first-order valence-corrected chi connectivity index (χ1v) is 5.83. The zero-order chi connectivity index (χ0) is 14.9. The molecule has 1 atom stereocenters. The maximum Gasteiger partial charge on any atom is 0.418 e. The summed E-state index contributed by atoms with van der Waals surface area (Å²) in [5.74, 6) is 0. The van der Waals surface area contributed by atoms with Crippen LogP contribution < -0.4 is 5.56 Å². The van der Waals surface area contributed by atoms with Crippen molar-refractivity contribution in [3.8, 4) is 5.69 Å². The van der Waals surface area contributed by atoms with Gasteiger partial charge in [0.1, 0.15) is 0 Å². The molecule has 0 bridgehead atoms. The minimum atomic E-state index is -4.71. The third-order valence-electron chi connectivity index (χ3n) is 2.86. The number of hydrogen-bond acceptors (Lipinski definition) is 2. The largest absolute Gasteiger partial charge is 0.418 e. The summed E-state index contributed by atoms with van der Waals surface area (Å²) in [6.45, 7) is 1.80. The van der Waals surface area contributed by atoms with Gasteiger partial charge in [-0.3, -0.25) is 9.36 Å². The number of halogens is 3. The third-order valence-corrected chi connectivity index (χ3v) is 2.86. The highest BCUT2D eigenvalue weighted by molar-refractivity contribution is 5.36. The fourth-order valence-corrected chi connectivity index (χ4v) is 1.80. The van der Waals surface area contributed by atoms with Crippen LogP contribution in [-0.2, 0) is 0 Å². The number of aliphatic hydroxyl groups is 1.